The lowest BCUT2D eigenvalue weighted by Gasteiger charge is -2.09. The lowest BCUT2D eigenvalue weighted by molar-refractivity contribution is -0.145. The van der Waals surface area contributed by atoms with Crippen LogP contribution in [0.4, 0.5) is 0 Å². The number of esters is 1. The topological polar surface area (TPSA) is 80.3 Å². The van der Waals surface area contributed by atoms with Gasteiger partial charge in [-0.25, -0.2) is 4.79 Å². The summed E-state index contributed by atoms with van der Waals surface area (Å²) < 4.78 is 26.7. The van der Waals surface area contributed by atoms with E-state index in [1.54, 1.807) is 64.5 Å². The van der Waals surface area contributed by atoms with Crippen LogP contribution in [0.15, 0.2) is 36.1 Å². The molecule has 0 fully saturated rings. The summed E-state index contributed by atoms with van der Waals surface area (Å²) in [6, 6.07) is 8.56. The summed E-state index contributed by atoms with van der Waals surface area (Å²) in [4.78, 5) is 24.3. The van der Waals surface area contributed by atoms with Crippen LogP contribution in [0.3, 0.4) is 0 Å². The number of ketones is 1. The predicted octanol–water partition coefficient (Wildman–Crippen LogP) is 3.57. The van der Waals surface area contributed by atoms with Gasteiger partial charge in [0.1, 0.15) is 23.0 Å². The lowest BCUT2D eigenvalue weighted by atomic mass is 10.0. The zero-order valence-corrected chi connectivity index (χ0v) is 16.7. The lowest BCUT2D eigenvalue weighted by Crippen LogP contribution is -2.14. The van der Waals surface area contributed by atoms with Crippen molar-refractivity contribution >= 4 is 17.8 Å². The second-order valence-corrected chi connectivity index (χ2v) is 6.25. The van der Waals surface area contributed by atoms with Gasteiger partial charge in [0.2, 0.25) is 5.78 Å². The molecule has 0 saturated heterocycles. The van der Waals surface area contributed by atoms with E-state index in [0.29, 0.717) is 39.7 Å². The molecule has 7 heteroatoms. The maximum absolute atomic E-state index is 12.8. The molecule has 29 heavy (non-hydrogen) atoms. The average Bonchev–Trinajstić information content (AvgIpc) is 3.02. The van der Waals surface area contributed by atoms with Crippen molar-refractivity contribution in [3.05, 3.63) is 52.8 Å². The van der Waals surface area contributed by atoms with Crippen molar-refractivity contribution in [2.75, 3.05) is 27.4 Å². The summed E-state index contributed by atoms with van der Waals surface area (Å²) in [5, 5.41) is 0. The Morgan fingerprint density at radius 1 is 1.10 bits per heavy atom. The SMILES string of the molecule is CCOC(=O)COc1cc(C)c2c(c1)O/C(=C\c1ccc(OC)cc1OC)C2=O. The number of rotatable bonds is 7. The molecule has 1 aliphatic rings. The first kappa shape index (κ1) is 20.3. The molecule has 0 aliphatic carbocycles. The minimum absolute atomic E-state index is 0.175. The van der Waals surface area contributed by atoms with Crippen molar-refractivity contribution in [1.82, 2.24) is 0 Å². The van der Waals surface area contributed by atoms with Crippen LogP contribution in [0.25, 0.3) is 6.08 Å². The largest absolute Gasteiger partial charge is 0.497 e. The number of benzene rings is 2. The maximum Gasteiger partial charge on any atom is 0.344 e. The molecule has 0 unspecified atom stereocenters. The fraction of sp³-hybridized carbons (Fsp3) is 0.273. The van der Waals surface area contributed by atoms with E-state index in [0.717, 1.165) is 0 Å². The van der Waals surface area contributed by atoms with Crippen LogP contribution in [0.2, 0.25) is 0 Å². The molecule has 0 saturated carbocycles. The van der Waals surface area contributed by atoms with Gasteiger partial charge < -0.3 is 23.7 Å². The van der Waals surface area contributed by atoms with Crippen molar-refractivity contribution in [3.8, 4) is 23.0 Å². The van der Waals surface area contributed by atoms with Crippen LogP contribution in [-0.2, 0) is 9.53 Å². The van der Waals surface area contributed by atoms with Crippen LogP contribution in [0.5, 0.6) is 23.0 Å². The summed E-state index contributed by atoms with van der Waals surface area (Å²) >= 11 is 0. The Balaban J connectivity index is 1.86. The van der Waals surface area contributed by atoms with E-state index in [4.69, 9.17) is 23.7 Å². The van der Waals surface area contributed by atoms with Crippen LogP contribution >= 0.6 is 0 Å². The molecule has 1 aliphatic heterocycles. The highest BCUT2D eigenvalue weighted by molar-refractivity contribution is 6.15. The molecule has 0 aromatic heterocycles. The van der Waals surface area contributed by atoms with Crippen molar-refractivity contribution in [3.63, 3.8) is 0 Å². The summed E-state index contributed by atoms with van der Waals surface area (Å²) in [7, 11) is 3.11. The zero-order chi connectivity index (χ0) is 21.0. The van der Waals surface area contributed by atoms with Gasteiger partial charge in [0.05, 0.1) is 26.4 Å². The molecule has 7 nitrogen and oxygen atoms in total. The first-order valence-electron chi connectivity index (χ1n) is 9.06. The van der Waals surface area contributed by atoms with E-state index in [1.165, 1.54) is 0 Å². The average molecular weight is 398 g/mol. The number of hydrogen-bond acceptors (Lipinski definition) is 7. The molecular weight excluding hydrogens is 376 g/mol. The molecule has 0 N–H and O–H groups in total. The number of Topliss-reactive ketones (excluding diaryl/α,β-unsaturated/α-hetero) is 1. The van der Waals surface area contributed by atoms with Gasteiger partial charge in [0.15, 0.2) is 12.4 Å². The van der Waals surface area contributed by atoms with Gasteiger partial charge in [-0.05, 0) is 43.7 Å². The van der Waals surface area contributed by atoms with Crippen molar-refractivity contribution in [2.24, 2.45) is 0 Å². The van der Waals surface area contributed by atoms with Gasteiger partial charge in [-0.2, -0.15) is 0 Å². The van der Waals surface area contributed by atoms with E-state index in [2.05, 4.69) is 0 Å². The first-order valence-corrected chi connectivity index (χ1v) is 9.06. The van der Waals surface area contributed by atoms with Crippen molar-refractivity contribution in [1.29, 1.82) is 0 Å². The minimum Gasteiger partial charge on any atom is -0.497 e. The molecule has 2 aromatic rings. The molecule has 0 amide bonds. The Hall–Kier alpha value is -3.48. The van der Waals surface area contributed by atoms with Gasteiger partial charge in [0.25, 0.3) is 0 Å². The van der Waals surface area contributed by atoms with Crippen molar-refractivity contribution in [2.45, 2.75) is 13.8 Å². The molecule has 0 radical (unpaired) electrons. The van der Waals surface area contributed by atoms with Gasteiger partial charge in [-0.1, -0.05) is 0 Å². The van der Waals surface area contributed by atoms with Gasteiger partial charge >= 0.3 is 5.97 Å². The molecule has 3 rings (SSSR count). The predicted molar refractivity (Wildman–Crippen MR) is 106 cm³/mol. The monoisotopic (exact) mass is 398 g/mol. The van der Waals surface area contributed by atoms with Gasteiger partial charge in [-0.3, -0.25) is 4.79 Å². The number of fused-ring (bicyclic) bond motifs is 1. The van der Waals surface area contributed by atoms with E-state index >= 15 is 0 Å². The summed E-state index contributed by atoms with van der Waals surface area (Å²) in [6.07, 6.45) is 1.62. The number of allylic oxidation sites excluding steroid dienone is 1. The number of carbonyl (C=O) groups is 2. The number of methoxy groups -OCH3 is 2. The third-order valence-electron chi connectivity index (χ3n) is 4.33. The van der Waals surface area contributed by atoms with Crippen LogP contribution in [0, 0.1) is 6.92 Å². The summed E-state index contributed by atoms with van der Waals surface area (Å²) in [5.74, 6) is 1.48. The van der Waals surface area contributed by atoms with Gasteiger partial charge in [0, 0.05) is 17.7 Å². The number of hydrogen-bond donors (Lipinski definition) is 0. The fourth-order valence-corrected chi connectivity index (χ4v) is 2.98. The third kappa shape index (κ3) is 4.34. The third-order valence-corrected chi connectivity index (χ3v) is 4.33. The molecule has 0 atom stereocenters. The fourth-order valence-electron chi connectivity index (χ4n) is 2.98. The maximum atomic E-state index is 12.8. The zero-order valence-electron chi connectivity index (χ0n) is 16.7. The molecule has 152 valence electrons. The van der Waals surface area contributed by atoms with Crippen LogP contribution in [0.1, 0.15) is 28.4 Å². The molecule has 2 aromatic carbocycles. The summed E-state index contributed by atoms with van der Waals surface area (Å²) in [5.41, 5.74) is 1.84. The van der Waals surface area contributed by atoms with E-state index < -0.39 is 5.97 Å². The first-order chi connectivity index (χ1) is 14.0. The highest BCUT2D eigenvalue weighted by Crippen LogP contribution is 2.38. The Kier molecular flexibility index (Phi) is 6.07. The van der Waals surface area contributed by atoms with Crippen molar-refractivity contribution < 1.29 is 33.3 Å². The van der Waals surface area contributed by atoms with E-state index in [-0.39, 0.29) is 24.8 Å². The van der Waals surface area contributed by atoms with E-state index in [9.17, 15) is 9.59 Å². The highest BCUT2D eigenvalue weighted by atomic mass is 16.6. The molecule has 0 bridgehead atoms. The molecule has 1 heterocycles. The Morgan fingerprint density at radius 3 is 2.59 bits per heavy atom. The molecule has 0 spiro atoms. The Morgan fingerprint density at radius 2 is 1.90 bits per heavy atom. The van der Waals surface area contributed by atoms with Crippen LogP contribution < -0.4 is 18.9 Å². The Bertz CT molecular complexity index is 975. The molecular formula is C22H22O7. The van der Waals surface area contributed by atoms with Crippen LogP contribution in [-0.4, -0.2) is 39.2 Å². The standard InChI is InChI=1S/C22H22O7/c1-5-27-20(23)12-28-16-8-13(2)21-18(11-16)29-19(22(21)24)9-14-6-7-15(25-3)10-17(14)26-4/h6-11H,5,12H2,1-4H3/b19-9-. The van der Waals surface area contributed by atoms with Gasteiger partial charge in [-0.15, -0.1) is 0 Å². The second kappa shape index (κ2) is 8.68. The smallest absolute Gasteiger partial charge is 0.344 e. The summed E-state index contributed by atoms with van der Waals surface area (Å²) in [6.45, 7) is 3.58. The number of ether oxygens (including phenoxy) is 5. The van der Waals surface area contributed by atoms with E-state index in [1.807, 2.05) is 0 Å². The Labute approximate surface area is 168 Å². The minimum atomic E-state index is -0.463. The quantitative estimate of drug-likeness (QED) is 0.521. The normalized spacial score (nSPS) is 13.7. The second-order valence-electron chi connectivity index (χ2n) is 6.25. The number of carbonyl (C=O) groups excluding carboxylic acids is 2. The highest BCUT2D eigenvalue weighted by Gasteiger charge is 2.30. The number of aryl methyl sites for hydroxylation is 1.